The molecule has 0 aliphatic rings. The Hall–Kier alpha value is -3.36. The highest BCUT2D eigenvalue weighted by atomic mass is 16.6. The molecule has 3 amide bonds. The van der Waals surface area contributed by atoms with Gasteiger partial charge in [0, 0.05) is 6.54 Å². The second-order valence-electron chi connectivity index (χ2n) is 9.93. The number of ether oxygens (including phenoxy) is 2. The van der Waals surface area contributed by atoms with E-state index < -0.39 is 41.6 Å². The van der Waals surface area contributed by atoms with Crippen LogP contribution in [0.5, 0.6) is 0 Å². The maximum absolute atomic E-state index is 13.9. The summed E-state index contributed by atoms with van der Waals surface area (Å²) >= 11 is 0. The standard InChI is InChI=1S/C27H41N3O6/c1-9-14-30(25(33)21(15-18(3)4)29-26(34)36-27(5,6)7)23(24(32)28-17-22(31)35-8)20-13-11-12-19(10-2)16-20/h10-13,16,18,21,23H,2,9,14-15,17H2,1,3-8H3,(H,28,32)(H,29,34). The molecule has 0 heterocycles. The van der Waals surface area contributed by atoms with Crippen LogP contribution in [0.1, 0.15) is 71.6 Å². The van der Waals surface area contributed by atoms with Crippen molar-refractivity contribution in [2.75, 3.05) is 20.2 Å². The Morgan fingerprint density at radius 2 is 1.83 bits per heavy atom. The summed E-state index contributed by atoms with van der Waals surface area (Å²) < 4.78 is 10.0. The number of methoxy groups -OCH3 is 1. The van der Waals surface area contributed by atoms with E-state index in [0.717, 1.165) is 5.56 Å². The molecule has 1 aromatic carbocycles. The molecule has 9 heteroatoms. The van der Waals surface area contributed by atoms with Crippen molar-refractivity contribution in [3.8, 4) is 0 Å². The number of carbonyl (C=O) groups is 4. The molecule has 0 aliphatic carbocycles. The van der Waals surface area contributed by atoms with Gasteiger partial charge in [0.25, 0.3) is 0 Å². The molecule has 9 nitrogen and oxygen atoms in total. The Balaban J connectivity index is 3.46. The summed E-state index contributed by atoms with van der Waals surface area (Å²) in [5.74, 6) is -1.49. The van der Waals surface area contributed by atoms with Gasteiger partial charge in [-0.25, -0.2) is 4.79 Å². The van der Waals surface area contributed by atoms with Crippen LogP contribution in [0.4, 0.5) is 4.79 Å². The molecule has 2 atom stereocenters. The minimum Gasteiger partial charge on any atom is -0.468 e. The number of benzene rings is 1. The lowest BCUT2D eigenvalue weighted by molar-refractivity contribution is -0.145. The van der Waals surface area contributed by atoms with Gasteiger partial charge < -0.3 is 25.0 Å². The topological polar surface area (TPSA) is 114 Å². The lowest BCUT2D eigenvalue weighted by Crippen LogP contribution is -2.53. The highest BCUT2D eigenvalue weighted by Gasteiger charge is 2.36. The van der Waals surface area contributed by atoms with E-state index in [1.165, 1.54) is 12.0 Å². The number of alkyl carbamates (subject to hydrolysis) is 1. The summed E-state index contributed by atoms with van der Waals surface area (Å²) in [6.07, 6.45) is 1.85. The lowest BCUT2D eigenvalue weighted by atomic mass is 9.98. The van der Waals surface area contributed by atoms with Gasteiger partial charge in [-0.05, 0) is 56.7 Å². The maximum atomic E-state index is 13.9. The number of carbonyl (C=O) groups excluding carboxylic acids is 4. The van der Waals surface area contributed by atoms with E-state index in [1.54, 1.807) is 45.0 Å². The van der Waals surface area contributed by atoms with Crippen molar-refractivity contribution in [2.45, 2.75) is 72.1 Å². The lowest BCUT2D eigenvalue weighted by Gasteiger charge is -2.35. The minimum absolute atomic E-state index is 0.0769. The Morgan fingerprint density at radius 1 is 1.17 bits per heavy atom. The number of hydrogen-bond donors (Lipinski definition) is 2. The molecule has 0 aliphatic heterocycles. The fraction of sp³-hybridized carbons (Fsp3) is 0.556. The van der Waals surface area contributed by atoms with E-state index in [1.807, 2.05) is 26.8 Å². The summed E-state index contributed by atoms with van der Waals surface area (Å²) in [4.78, 5) is 53.0. The molecular formula is C27H41N3O6. The third-order valence-electron chi connectivity index (χ3n) is 5.10. The molecule has 0 radical (unpaired) electrons. The summed E-state index contributed by atoms with van der Waals surface area (Å²) in [6, 6.07) is 5.15. The van der Waals surface area contributed by atoms with Gasteiger partial charge in [-0.15, -0.1) is 0 Å². The van der Waals surface area contributed by atoms with E-state index in [0.29, 0.717) is 18.4 Å². The van der Waals surface area contributed by atoms with E-state index in [9.17, 15) is 19.2 Å². The Kier molecular flexibility index (Phi) is 12.1. The fourth-order valence-corrected chi connectivity index (χ4v) is 3.61. The first-order valence-electron chi connectivity index (χ1n) is 12.2. The molecule has 36 heavy (non-hydrogen) atoms. The first-order valence-corrected chi connectivity index (χ1v) is 12.2. The van der Waals surface area contributed by atoms with Crippen LogP contribution in [-0.2, 0) is 23.9 Å². The first kappa shape index (κ1) is 30.7. The van der Waals surface area contributed by atoms with Crippen LogP contribution in [-0.4, -0.2) is 60.6 Å². The van der Waals surface area contributed by atoms with Crippen LogP contribution in [0.2, 0.25) is 0 Å². The normalized spacial score (nSPS) is 12.8. The van der Waals surface area contributed by atoms with Gasteiger partial charge in [-0.3, -0.25) is 14.4 Å². The fourth-order valence-electron chi connectivity index (χ4n) is 3.61. The van der Waals surface area contributed by atoms with Crippen LogP contribution in [0.3, 0.4) is 0 Å². The molecule has 2 N–H and O–H groups in total. The number of hydrogen-bond acceptors (Lipinski definition) is 6. The van der Waals surface area contributed by atoms with Crippen LogP contribution in [0.25, 0.3) is 6.08 Å². The molecule has 0 bridgehead atoms. The van der Waals surface area contributed by atoms with Crippen LogP contribution in [0.15, 0.2) is 30.8 Å². The Morgan fingerprint density at radius 3 is 2.36 bits per heavy atom. The van der Waals surface area contributed by atoms with E-state index in [2.05, 4.69) is 21.9 Å². The van der Waals surface area contributed by atoms with Crippen LogP contribution >= 0.6 is 0 Å². The number of amides is 3. The van der Waals surface area contributed by atoms with E-state index in [4.69, 9.17) is 4.74 Å². The van der Waals surface area contributed by atoms with Gasteiger partial charge in [0.15, 0.2) is 0 Å². The van der Waals surface area contributed by atoms with Crippen molar-refractivity contribution in [1.29, 1.82) is 0 Å². The Labute approximate surface area is 214 Å². The second-order valence-corrected chi connectivity index (χ2v) is 9.93. The average molecular weight is 504 g/mol. The summed E-state index contributed by atoms with van der Waals surface area (Å²) in [7, 11) is 1.23. The molecule has 0 saturated heterocycles. The minimum atomic E-state index is -1.04. The van der Waals surface area contributed by atoms with Gasteiger partial charge in [0.2, 0.25) is 11.8 Å². The highest BCUT2D eigenvalue weighted by molar-refractivity contribution is 5.93. The molecule has 0 saturated carbocycles. The molecular weight excluding hydrogens is 462 g/mol. The van der Waals surface area contributed by atoms with Gasteiger partial charge >= 0.3 is 12.1 Å². The van der Waals surface area contributed by atoms with Gasteiger partial charge in [0.1, 0.15) is 24.2 Å². The van der Waals surface area contributed by atoms with Gasteiger partial charge in [0.05, 0.1) is 7.11 Å². The zero-order chi connectivity index (χ0) is 27.5. The smallest absolute Gasteiger partial charge is 0.408 e. The molecule has 0 aromatic heterocycles. The number of esters is 1. The van der Waals surface area contributed by atoms with Crippen LogP contribution in [0, 0.1) is 5.92 Å². The predicted molar refractivity (Wildman–Crippen MR) is 139 cm³/mol. The third kappa shape index (κ3) is 10.1. The molecule has 2 unspecified atom stereocenters. The number of rotatable bonds is 12. The maximum Gasteiger partial charge on any atom is 0.408 e. The zero-order valence-electron chi connectivity index (χ0n) is 22.6. The largest absolute Gasteiger partial charge is 0.468 e. The second kappa shape index (κ2) is 14.3. The summed E-state index contributed by atoms with van der Waals surface area (Å²) in [5.41, 5.74) is 0.588. The SMILES string of the molecule is C=Cc1cccc(C(C(=O)NCC(=O)OC)N(CCC)C(=O)C(CC(C)C)NC(=O)OC(C)(C)C)c1. The number of nitrogens with zero attached hydrogens (tertiary/aromatic N) is 1. The van der Waals surface area contributed by atoms with Crippen molar-refractivity contribution in [3.05, 3.63) is 42.0 Å². The monoisotopic (exact) mass is 503 g/mol. The molecule has 1 aromatic rings. The van der Waals surface area contributed by atoms with Crippen LogP contribution < -0.4 is 10.6 Å². The number of nitrogens with one attached hydrogen (secondary N) is 2. The van der Waals surface area contributed by atoms with E-state index >= 15 is 0 Å². The third-order valence-corrected chi connectivity index (χ3v) is 5.10. The quantitative estimate of drug-likeness (QED) is 0.419. The summed E-state index contributed by atoms with van der Waals surface area (Å²) in [5, 5.41) is 5.27. The van der Waals surface area contributed by atoms with E-state index in [-0.39, 0.29) is 19.0 Å². The molecule has 200 valence electrons. The molecule has 0 spiro atoms. The summed E-state index contributed by atoms with van der Waals surface area (Å²) in [6.45, 7) is 14.7. The van der Waals surface area contributed by atoms with Crippen molar-refractivity contribution in [1.82, 2.24) is 15.5 Å². The van der Waals surface area contributed by atoms with Crippen molar-refractivity contribution >= 4 is 30.0 Å². The zero-order valence-corrected chi connectivity index (χ0v) is 22.6. The first-order chi connectivity index (χ1) is 16.8. The van der Waals surface area contributed by atoms with Crippen molar-refractivity contribution < 1.29 is 28.7 Å². The van der Waals surface area contributed by atoms with Crippen molar-refractivity contribution in [2.24, 2.45) is 5.92 Å². The van der Waals surface area contributed by atoms with Gasteiger partial charge in [-0.2, -0.15) is 0 Å². The van der Waals surface area contributed by atoms with Crippen molar-refractivity contribution in [3.63, 3.8) is 0 Å². The predicted octanol–water partition coefficient (Wildman–Crippen LogP) is 3.84. The average Bonchev–Trinajstić information content (AvgIpc) is 2.79. The Bertz CT molecular complexity index is 922. The van der Waals surface area contributed by atoms with Gasteiger partial charge in [-0.1, -0.05) is 51.6 Å². The molecule has 0 fully saturated rings. The highest BCUT2D eigenvalue weighted by Crippen LogP contribution is 2.25. The molecule has 1 rings (SSSR count).